The lowest BCUT2D eigenvalue weighted by molar-refractivity contribution is 0.0916. The summed E-state index contributed by atoms with van der Waals surface area (Å²) in [6.07, 6.45) is 0.328. The summed E-state index contributed by atoms with van der Waals surface area (Å²) < 4.78 is 10.2. The van der Waals surface area contributed by atoms with E-state index < -0.39 is 0 Å². The molecular formula is C18H18O4. The fourth-order valence-corrected chi connectivity index (χ4v) is 2.16. The highest BCUT2D eigenvalue weighted by molar-refractivity contribution is 6.03. The number of carbonyl (C=O) groups excluding carboxylic acids is 2. The lowest BCUT2D eigenvalue weighted by Crippen LogP contribution is -2.06. The predicted octanol–water partition coefficient (Wildman–Crippen LogP) is 3.55. The molecule has 0 aliphatic rings. The number of hydrogen-bond acceptors (Lipinski definition) is 4. The van der Waals surface area contributed by atoms with Gasteiger partial charge in [0.25, 0.3) is 0 Å². The summed E-state index contributed by atoms with van der Waals surface area (Å²) in [6, 6.07) is 13.9. The average molecular weight is 298 g/mol. The van der Waals surface area contributed by atoms with Gasteiger partial charge in [-0.05, 0) is 36.4 Å². The average Bonchev–Trinajstić information content (AvgIpc) is 2.59. The Balaban J connectivity index is 1.99. The minimum atomic E-state index is -0.0979. The van der Waals surface area contributed by atoms with Crippen LogP contribution < -0.4 is 9.47 Å². The van der Waals surface area contributed by atoms with Gasteiger partial charge in [0.05, 0.1) is 19.8 Å². The Hall–Kier alpha value is -2.62. The number of ketones is 2. The number of rotatable bonds is 7. The largest absolute Gasteiger partial charge is 0.497 e. The molecule has 2 rings (SSSR count). The molecule has 0 aliphatic carbocycles. The number of carbonyl (C=O) groups is 2. The second-order valence-corrected chi connectivity index (χ2v) is 4.78. The topological polar surface area (TPSA) is 52.6 Å². The fourth-order valence-electron chi connectivity index (χ4n) is 2.16. The highest BCUT2D eigenvalue weighted by atomic mass is 16.5. The van der Waals surface area contributed by atoms with Gasteiger partial charge < -0.3 is 9.47 Å². The first kappa shape index (κ1) is 15.8. The molecule has 0 bridgehead atoms. The van der Waals surface area contributed by atoms with Crippen LogP contribution >= 0.6 is 0 Å². The van der Waals surface area contributed by atoms with Gasteiger partial charge in [-0.2, -0.15) is 0 Å². The van der Waals surface area contributed by atoms with Crippen LogP contribution in [0, 0.1) is 0 Å². The molecule has 114 valence electrons. The lowest BCUT2D eigenvalue weighted by atomic mass is 10.0. The van der Waals surface area contributed by atoms with Gasteiger partial charge in [0.1, 0.15) is 11.5 Å². The number of hydrogen-bond donors (Lipinski definition) is 0. The van der Waals surface area contributed by atoms with Crippen LogP contribution in [0.4, 0.5) is 0 Å². The normalized spacial score (nSPS) is 10.1. The Bertz CT molecular complexity index is 659. The third kappa shape index (κ3) is 3.73. The Kier molecular flexibility index (Phi) is 5.31. The molecule has 0 atom stereocenters. The third-order valence-corrected chi connectivity index (χ3v) is 3.40. The van der Waals surface area contributed by atoms with E-state index in [0.29, 0.717) is 22.6 Å². The van der Waals surface area contributed by atoms with E-state index in [1.54, 1.807) is 55.6 Å². The van der Waals surface area contributed by atoms with E-state index in [1.807, 2.05) is 0 Å². The molecule has 2 aromatic rings. The molecule has 0 heterocycles. The summed E-state index contributed by atoms with van der Waals surface area (Å²) >= 11 is 0. The van der Waals surface area contributed by atoms with Crippen molar-refractivity contribution in [3.63, 3.8) is 0 Å². The Morgan fingerprint density at radius 2 is 1.45 bits per heavy atom. The summed E-state index contributed by atoms with van der Waals surface area (Å²) in [6.45, 7) is 0. The molecule has 4 heteroatoms. The molecule has 0 saturated heterocycles. The molecule has 0 aliphatic heterocycles. The molecule has 0 spiro atoms. The van der Waals surface area contributed by atoms with Crippen LogP contribution in [0.1, 0.15) is 33.6 Å². The van der Waals surface area contributed by atoms with Crippen LogP contribution in [0.2, 0.25) is 0 Å². The fraction of sp³-hybridized carbons (Fsp3) is 0.222. The second kappa shape index (κ2) is 7.41. The van der Waals surface area contributed by atoms with Gasteiger partial charge in [-0.3, -0.25) is 9.59 Å². The SMILES string of the molecule is COc1ccc(C(=O)CCC(=O)c2ccccc2OC)cc1. The number of ether oxygens (including phenoxy) is 2. The minimum Gasteiger partial charge on any atom is -0.497 e. The van der Waals surface area contributed by atoms with Crippen LogP contribution in [-0.2, 0) is 0 Å². The molecule has 0 radical (unpaired) electrons. The highest BCUT2D eigenvalue weighted by Gasteiger charge is 2.14. The standard InChI is InChI=1S/C18H18O4/c1-21-14-9-7-13(8-10-14)16(19)11-12-17(20)15-5-3-4-6-18(15)22-2/h3-10H,11-12H2,1-2H3. The molecule has 4 nitrogen and oxygen atoms in total. The van der Waals surface area contributed by atoms with E-state index in [9.17, 15) is 9.59 Å². The smallest absolute Gasteiger partial charge is 0.167 e. The maximum Gasteiger partial charge on any atom is 0.167 e. The molecule has 0 amide bonds. The van der Waals surface area contributed by atoms with E-state index in [1.165, 1.54) is 7.11 Å². The zero-order valence-electron chi connectivity index (χ0n) is 12.7. The number of methoxy groups -OCH3 is 2. The summed E-state index contributed by atoms with van der Waals surface area (Å²) in [4.78, 5) is 24.3. The molecule has 0 unspecified atom stereocenters. The van der Waals surface area contributed by atoms with Crippen molar-refractivity contribution in [2.45, 2.75) is 12.8 Å². The van der Waals surface area contributed by atoms with Crippen LogP contribution in [0.3, 0.4) is 0 Å². The zero-order chi connectivity index (χ0) is 15.9. The summed E-state index contributed by atoms with van der Waals surface area (Å²) in [5.74, 6) is 1.07. The van der Waals surface area contributed by atoms with Gasteiger partial charge in [-0.25, -0.2) is 0 Å². The van der Waals surface area contributed by atoms with Crippen molar-refractivity contribution >= 4 is 11.6 Å². The Morgan fingerprint density at radius 1 is 0.818 bits per heavy atom. The minimum absolute atomic E-state index is 0.0640. The molecule has 22 heavy (non-hydrogen) atoms. The maximum atomic E-state index is 12.2. The van der Waals surface area contributed by atoms with Crippen LogP contribution in [0.25, 0.3) is 0 Å². The van der Waals surface area contributed by atoms with Crippen LogP contribution in [0.15, 0.2) is 48.5 Å². The van der Waals surface area contributed by atoms with Crippen molar-refractivity contribution in [1.82, 2.24) is 0 Å². The summed E-state index contributed by atoms with van der Waals surface area (Å²) in [7, 11) is 3.09. The first-order valence-corrected chi connectivity index (χ1v) is 6.99. The zero-order valence-corrected chi connectivity index (χ0v) is 12.7. The third-order valence-electron chi connectivity index (χ3n) is 3.40. The van der Waals surface area contributed by atoms with Gasteiger partial charge in [0.2, 0.25) is 0 Å². The van der Waals surface area contributed by atoms with Gasteiger partial charge in [-0.1, -0.05) is 12.1 Å². The van der Waals surface area contributed by atoms with Crippen molar-refractivity contribution < 1.29 is 19.1 Å². The Labute approximate surface area is 129 Å². The van der Waals surface area contributed by atoms with E-state index >= 15 is 0 Å². The molecule has 0 saturated carbocycles. The van der Waals surface area contributed by atoms with Crippen molar-refractivity contribution in [3.05, 3.63) is 59.7 Å². The van der Waals surface area contributed by atoms with E-state index in [2.05, 4.69) is 0 Å². The number of benzene rings is 2. The first-order valence-electron chi connectivity index (χ1n) is 6.99. The Morgan fingerprint density at radius 3 is 2.09 bits per heavy atom. The first-order chi connectivity index (χ1) is 10.7. The van der Waals surface area contributed by atoms with E-state index in [0.717, 1.165) is 0 Å². The molecule has 0 aromatic heterocycles. The monoisotopic (exact) mass is 298 g/mol. The van der Waals surface area contributed by atoms with Crippen molar-refractivity contribution in [1.29, 1.82) is 0 Å². The van der Waals surface area contributed by atoms with Gasteiger partial charge in [0.15, 0.2) is 11.6 Å². The highest BCUT2D eigenvalue weighted by Crippen LogP contribution is 2.20. The van der Waals surface area contributed by atoms with Crippen molar-refractivity contribution in [3.8, 4) is 11.5 Å². The molecule has 0 fully saturated rings. The van der Waals surface area contributed by atoms with Crippen LogP contribution in [-0.4, -0.2) is 25.8 Å². The maximum absolute atomic E-state index is 12.2. The molecular weight excluding hydrogens is 280 g/mol. The second-order valence-electron chi connectivity index (χ2n) is 4.78. The van der Waals surface area contributed by atoms with Gasteiger partial charge in [0, 0.05) is 18.4 Å². The molecule has 2 aromatic carbocycles. The number of Topliss-reactive ketones (excluding diaryl/α,β-unsaturated/α-hetero) is 2. The molecule has 0 N–H and O–H groups in total. The number of para-hydroxylation sites is 1. The van der Waals surface area contributed by atoms with Crippen molar-refractivity contribution in [2.75, 3.05) is 14.2 Å². The van der Waals surface area contributed by atoms with E-state index in [4.69, 9.17) is 9.47 Å². The lowest BCUT2D eigenvalue weighted by Gasteiger charge is -2.07. The summed E-state index contributed by atoms with van der Waals surface area (Å²) in [5, 5.41) is 0. The summed E-state index contributed by atoms with van der Waals surface area (Å²) in [5.41, 5.74) is 1.08. The van der Waals surface area contributed by atoms with Crippen molar-refractivity contribution in [2.24, 2.45) is 0 Å². The predicted molar refractivity (Wildman–Crippen MR) is 83.9 cm³/mol. The van der Waals surface area contributed by atoms with Gasteiger partial charge >= 0.3 is 0 Å². The quantitative estimate of drug-likeness (QED) is 0.734. The van der Waals surface area contributed by atoms with E-state index in [-0.39, 0.29) is 24.4 Å². The van der Waals surface area contributed by atoms with Crippen LogP contribution in [0.5, 0.6) is 11.5 Å². The van der Waals surface area contributed by atoms with Gasteiger partial charge in [-0.15, -0.1) is 0 Å².